The minimum atomic E-state index is -3.11. The number of sulfone groups is 1. The first-order chi connectivity index (χ1) is 7.72. The van der Waals surface area contributed by atoms with E-state index in [9.17, 15) is 8.42 Å². The molecule has 3 unspecified atom stereocenters. The van der Waals surface area contributed by atoms with Gasteiger partial charge in [-0.05, 0) is 30.6 Å². The summed E-state index contributed by atoms with van der Waals surface area (Å²) in [6.07, 6.45) is 4.67. The van der Waals surface area contributed by atoms with Gasteiger partial charge < -0.3 is 0 Å². The van der Waals surface area contributed by atoms with Crippen LogP contribution >= 0.6 is 0 Å². The van der Waals surface area contributed by atoms with Crippen molar-refractivity contribution in [2.45, 2.75) is 51.7 Å². The van der Waals surface area contributed by atoms with Crippen LogP contribution < -0.4 is 0 Å². The molecule has 3 atom stereocenters. The molecule has 0 amide bonds. The molecule has 98 valence electrons. The zero-order valence-corrected chi connectivity index (χ0v) is 12.0. The van der Waals surface area contributed by atoms with Crippen LogP contribution in [0.2, 0.25) is 0 Å². The molecule has 1 aliphatic rings. The molecule has 0 bridgehead atoms. The van der Waals surface area contributed by atoms with Crippen LogP contribution in [0.4, 0.5) is 0 Å². The normalized spacial score (nSPS) is 30.9. The Bertz CT molecular complexity index is 406. The summed E-state index contributed by atoms with van der Waals surface area (Å²) in [5, 5.41) is 8.60. The van der Waals surface area contributed by atoms with Gasteiger partial charge in [0, 0.05) is 6.26 Å². The topological polar surface area (TPSA) is 57.9 Å². The fraction of sp³-hybridized carbons (Fsp3) is 0.923. The van der Waals surface area contributed by atoms with Gasteiger partial charge in [-0.2, -0.15) is 5.26 Å². The lowest BCUT2D eigenvalue weighted by atomic mass is 9.67. The highest BCUT2D eigenvalue weighted by molar-refractivity contribution is 7.91. The average Bonchev–Trinajstić information content (AvgIpc) is 2.27. The fourth-order valence-electron chi connectivity index (χ4n) is 2.75. The van der Waals surface area contributed by atoms with E-state index >= 15 is 0 Å². The first kappa shape index (κ1) is 14.5. The summed E-state index contributed by atoms with van der Waals surface area (Å²) in [5.41, 5.74) is 0.170. The van der Waals surface area contributed by atoms with E-state index in [0.29, 0.717) is 12.3 Å². The molecule has 1 fully saturated rings. The van der Waals surface area contributed by atoms with Crippen molar-refractivity contribution in [2.24, 2.45) is 17.3 Å². The van der Waals surface area contributed by atoms with E-state index in [4.69, 9.17) is 5.26 Å². The summed E-state index contributed by atoms with van der Waals surface area (Å²) in [6, 6.07) is 2.17. The summed E-state index contributed by atoms with van der Waals surface area (Å²) in [7, 11) is -3.11. The Labute approximate surface area is 105 Å². The highest BCUT2D eigenvalue weighted by Crippen LogP contribution is 2.43. The van der Waals surface area contributed by atoms with Gasteiger partial charge in [0.2, 0.25) is 0 Å². The molecule has 0 aliphatic heterocycles. The van der Waals surface area contributed by atoms with Crippen LogP contribution in [0.5, 0.6) is 0 Å². The van der Waals surface area contributed by atoms with Gasteiger partial charge >= 0.3 is 0 Å². The van der Waals surface area contributed by atoms with E-state index in [1.807, 2.05) is 0 Å². The third-order valence-electron chi connectivity index (χ3n) is 4.52. The van der Waals surface area contributed by atoms with Crippen LogP contribution in [0.25, 0.3) is 0 Å². The van der Waals surface area contributed by atoms with Gasteiger partial charge in [-0.15, -0.1) is 0 Å². The molecular formula is C13H23NO2S. The van der Waals surface area contributed by atoms with E-state index in [2.05, 4.69) is 26.8 Å². The van der Waals surface area contributed by atoms with Gasteiger partial charge in [0.05, 0.1) is 17.2 Å². The molecule has 3 nitrogen and oxygen atoms in total. The van der Waals surface area contributed by atoms with Crippen molar-refractivity contribution in [3.63, 3.8) is 0 Å². The van der Waals surface area contributed by atoms with Gasteiger partial charge in [-0.3, -0.25) is 0 Å². The highest BCUT2D eigenvalue weighted by Gasteiger charge is 2.41. The third-order valence-corrected chi connectivity index (χ3v) is 6.14. The van der Waals surface area contributed by atoms with Gasteiger partial charge in [-0.1, -0.05) is 27.2 Å². The van der Waals surface area contributed by atoms with Gasteiger partial charge in [0.1, 0.15) is 0 Å². The molecule has 4 heteroatoms. The Morgan fingerprint density at radius 1 is 1.35 bits per heavy atom. The molecular weight excluding hydrogens is 234 g/mol. The molecule has 0 spiro atoms. The Kier molecular flexibility index (Phi) is 4.24. The second kappa shape index (κ2) is 4.97. The summed E-state index contributed by atoms with van der Waals surface area (Å²) in [4.78, 5) is 0. The minimum Gasteiger partial charge on any atom is -0.229 e. The number of hydrogen-bond acceptors (Lipinski definition) is 3. The van der Waals surface area contributed by atoms with Crippen molar-refractivity contribution in [3.05, 3.63) is 0 Å². The van der Waals surface area contributed by atoms with Crippen molar-refractivity contribution < 1.29 is 8.42 Å². The van der Waals surface area contributed by atoms with Gasteiger partial charge in [0.15, 0.2) is 9.84 Å². The summed E-state index contributed by atoms with van der Waals surface area (Å²) in [6.45, 7) is 6.54. The lowest BCUT2D eigenvalue weighted by Crippen LogP contribution is -2.39. The summed E-state index contributed by atoms with van der Waals surface area (Å²) in [5.74, 6) is 0.103. The minimum absolute atomic E-state index is 0.170. The quantitative estimate of drug-likeness (QED) is 0.781. The maximum atomic E-state index is 11.8. The van der Waals surface area contributed by atoms with Crippen LogP contribution in [0.3, 0.4) is 0 Å². The van der Waals surface area contributed by atoms with E-state index < -0.39 is 15.1 Å². The van der Waals surface area contributed by atoms with Crippen molar-refractivity contribution in [1.82, 2.24) is 0 Å². The van der Waals surface area contributed by atoms with Crippen LogP contribution in [-0.4, -0.2) is 19.9 Å². The Morgan fingerprint density at radius 3 is 2.35 bits per heavy atom. The van der Waals surface area contributed by atoms with E-state index in [1.54, 1.807) is 0 Å². The summed E-state index contributed by atoms with van der Waals surface area (Å²) < 4.78 is 23.5. The number of hydrogen-bond donors (Lipinski definition) is 0. The molecule has 1 aliphatic carbocycles. The molecule has 0 aromatic heterocycles. The van der Waals surface area contributed by atoms with Gasteiger partial charge in [0.25, 0.3) is 0 Å². The molecule has 1 saturated carbocycles. The van der Waals surface area contributed by atoms with Crippen molar-refractivity contribution in [2.75, 3.05) is 6.26 Å². The maximum Gasteiger partial charge on any atom is 0.151 e. The maximum absolute atomic E-state index is 11.8. The molecule has 0 N–H and O–H groups in total. The lowest BCUT2D eigenvalue weighted by molar-refractivity contribution is 0.142. The monoisotopic (exact) mass is 257 g/mol. The SMILES string of the molecule is CCC(C)(C)C1CCC(C#N)C(S(C)(=O)=O)C1. The number of nitrogens with zero attached hydrogens (tertiary/aromatic N) is 1. The third kappa shape index (κ3) is 3.22. The standard InChI is InChI=1S/C13H23NO2S/c1-5-13(2,3)11-7-6-10(9-14)12(8-11)17(4,15)16/h10-12H,5-8H2,1-4H3. The van der Waals surface area contributed by atoms with Crippen molar-refractivity contribution >= 4 is 9.84 Å². The number of nitriles is 1. The van der Waals surface area contributed by atoms with Crippen LogP contribution in [0.1, 0.15) is 46.5 Å². The molecule has 17 heavy (non-hydrogen) atoms. The van der Waals surface area contributed by atoms with Crippen LogP contribution in [0.15, 0.2) is 0 Å². The van der Waals surface area contributed by atoms with Gasteiger partial charge in [-0.25, -0.2) is 8.42 Å². The second-order valence-electron chi connectivity index (χ2n) is 5.96. The zero-order chi connectivity index (χ0) is 13.3. The molecule has 0 saturated heterocycles. The smallest absolute Gasteiger partial charge is 0.151 e. The Hall–Kier alpha value is -0.560. The average molecular weight is 257 g/mol. The molecule has 0 heterocycles. The van der Waals surface area contributed by atoms with E-state index in [-0.39, 0.29) is 11.3 Å². The first-order valence-corrected chi connectivity index (χ1v) is 8.26. The fourth-order valence-corrected chi connectivity index (χ4v) is 4.12. The molecule has 1 rings (SSSR count). The Morgan fingerprint density at radius 2 is 1.94 bits per heavy atom. The molecule has 0 aromatic rings. The van der Waals surface area contributed by atoms with Crippen molar-refractivity contribution in [1.29, 1.82) is 5.26 Å². The second-order valence-corrected chi connectivity index (χ2v) is 8.22. The van der Waals surface area contributed by atoms with Crippen LogP contribution in [-0.2, 0) is 9.84 Å². The number of rotatable bonds is 3. The van der Waals surface area contributed by atoms with Crippen molar-refractivity contribution in [3.8, 4) is 6.07 Å². The highest BCUT2D eigenvalue weighted by atomic mass is 32.2. The predicted octanol–water partition coefficient (Wildman–Crippen LogP) is 2.78. The largest absolute Gasteiger partial charge is 0.229 e. The van der Waals surface area contributed by atoms with E-state index in [1.165, 1.54) is 6.26 Å². The van der Waals surface area contributed by atoms with E-state index in [0.717, 1.165) is 19.3 Å². The van der Waals surface area contributed by atoms with Crippen LogP contribution in [0, 0.1) is 28.6 Å². The Balaban J connectivity index is 2.92. The first-order valence-electron chi connectivity index (χ1n) is 6.31. The zero-order valence-electron chi connectivity index (χ0n) is 11.2. The molecule has 0 radical (unpaired) electrons. The lowest BCUT2D eigenvalue weighted by Gasteiger charge is -2.40. The molecule has 0 aromatic carbocycles. The predicted molar refractivity (Wildman–Crippen MR) is 69.1 cm³/mol. The summed E-state index contributed by atoms with van der Waals surface area (Å²) >= 11 is 0.